The zero-order valence-corrected chi connectivity index (χ0v) is 9.56. The van der Waals surface area contributed by atoms with Crippen LogP contribution in [0.5, 0.6) is 11.5 Å². The van der Waals surface area contributed by atoms with E-state index in [0.717, 1.165) is 11.3 Å². The van der Waals surface area contributed by atoms with Gasteiger partial charge >= 0.3 is 0 Å². The second kappa shape index (κ2) is 5.30. The van der Waals surface area contributed by atoms with Gasteiger partial charge in [0.2, 0.25) is 0 Å². The first-order valence-corrected chi connectivity index (χ1v) is 5.44. The molecule has 0 aliphatic carbocycles. The van der Waals surface area contributed by atoms with Gasteiger partial charge in [-0.05, 0) is 48.9 Å². The SMILES string of the molecule is C/C=C\c1cccc(Oc2ccc(F)cc2)c1. The lowest BCUT2D eigenvalue weighted by Crippen LogP contribution is -1.84. The van der Waals surface area contributed by atoms with Gasteiger partial charge in [0, 0.05) is 0 Å². The van der Waals surface area contributed by atoms with Gasteiger partial charge in [-0.2, -0.15) is 0 Å². The predicted octanol–water partition coefficient (Wildman–Crippen LogP) is 4.65. The van der Waals surface area contributed by atoms with Crippen molar-refractivity contribution in [2.45, 2.75) is 6.92 Å². The minimum Gasteiger partial charge on any atom is -0.457 e. The highest BCUT2D eigenvalue weighted by molar-refractivity contribution is 5.51. The first-order chi connectivity index (χ1) is 8.28. The van der Waals surface area contributed by atoms with E-state index in [-0.39, 0.29) is 5.82 Å². The summed E-state index contributed by atoms with van der Waals surface area (Å²) >= 11 is 0. The number of hydrogen-bond donors (Lipinski definition) is 0. The van der Waals surface area contributed by atoms with E-state index in [1.165, 1.54) is 12.1 Å². The van der Waals surface area contributed by atoms with E-state index in [1.807, 2.05) is 43.3 Å². The van der Waals surface area contributed by atoms with Gasteiger partial charge in [0.05, 0.1) is 0 Å². The normalized spacial score (nSPS) is 10.7. The quantitative estimate of drug-likeness (QED) is 0.742. The van der Waals surface area contributed by atoms with Gasteiger partial charge in [-0.1, -0.05) is 24.3 Å². The average molecular weight is 228 g/mol. The molecule has 0 aliphatic rings. The van der Waals surface area contributed by atoms with Crippen LogP contribution in [-0.4, -0.2) is 0 Å². The Balaban J connectivity index is 2.18. The number of benzene rings is 2. The van der Waals surface area contributed by atoms with Crippen LogP contribution in [0, 0.1) is 5.82 Å². The maximum absolute atomic E-state index is 12.7. The fraction of sp³-hybridized carbons (Fsp3) is 0.0667. The number of hydrogen-bond acceptors (Lipinski definition) is 1. The largest absolute Gasteiger partial charge is 0.457 e. The summed E-state index contributed by atoms with van der Waals surface area (Å²) in [6.07, 6.45) is 3.97. The van der Waals surface area contributed by atoms with Crippen LogP contribution < -0.4 is 4.74 Å². The Morgan fingerprint density at radius 3 is 2.47 bits per heavy atom. The molecule has 0 radical (unpaired) electrons. The molecule has 86 valence electrons. The van der Waals surface area contributed by atoms with E-state index in [4.69, 9.17) is 4.74 Å². The Morgan fingerprint density at radius 2 is 1.76 bits per heavy atom. The molecule has 0 saturated carbocycles. The fourth-order valence-electron chi connectivity index (χ4n) is 1.51. The molecular weight excluding hydrogens is 215 g/mol. The molecule has 0 atom stereocenters. The Morgan fingerprint density at radius 1 is 1.00 bits per heavy atom. The van der Waals surface area contributed by atoms with Crippen molar-refractivity contribution >= 4 is 6.08 Å². The summed E-state index contributed by atoms with van der Waals surface area (Å²) in [6.45, 7) is 1.97. The van der Waals surface area contributed by atoms with E-state index in [0.29, 0.717) is 5.75 Å². The van der Waals surface area contributed by atoms with Crippen LogP contribution in [0.4, 0.5) is 4.39 Å². The van der Waals surface area contributed by atoms with Crippen molar-refractivity contribution in [3.8, 4) is 11.5 Å². The highest BCUT2D eigenvalue weighted by atomic mass is 19.1. The summed E-state index contributed by atoms with van der Waals surface area (Å²) in [4.78, 5) is 0. The van der Waals surface area contributed by atoms with Crippen LogP contribution >= 0.6 is 0 Å². The molecule has 0 spiro atoms. The molecule has 0 aliphatic heterocycles. The van der Waals surface area contributed by atoms with E-state index in [1.54, 1.807) is 12.1 Å². The third-order valence-corrected chi connectivity index (χ3v) is 2.27. The van der Waals surface area contributed by atoms with Gasteiger partial charge < -0.3 is 4.74 Å². The molecule has 1 nitrogen and oxygen atoms in total. The Labute approximate surface area is 100 Å². The number of ether oxygens (including phenoxy) is 1. The molecule has 0 amide bonds. The van der Waals surface area contributed by atoms with E-state index in [2.05, 4.69) is 0 Å². The summed E-state index contributed by atoms with van der Waals surface area (Å²) in [5.74, 6) is 1.11. The second-order valence-electron chi connectivity index (χ2n) is 3.63. The predicted molar refractivity (Wildman–Crippen MR) is 67.6 cm³/mol. The Kier molecular flexibility index (Phi) is 3.55. The van der Waals surface area contributed by atoms with Gasteiger partial charge in [-0.3, -0.25) is 0 Å². The summed E-state index contributed by atoms with van der Waals surface area (Å²) in [5.41, 5.74) is 1.08. The molecule has 0 N–H and O–H groups in total. The van der Waals surface area contributed by atoms with Crippen molar-refractivity contribution in [3.63, 3.8) is 0 Å². The summed E-state index contributed by atoms with van der Waals surface area (Å²) < 4.78 is 18.3. The van der Waals surface area contributed by atoms with Gasteiger partial charge in [-0.25, -0.2) is 4.39 Å². The second-order valence-corrected chi connectivity index (χ2v) is 3.63. The van der Waals surface area contributed by atoms with E-state index >= 15 is 0 Å². The summed E-state index contributed by atoms with van der Waals surface area (Å²) in [7, 11) is 0. The molecule has 2 aromatic rings. The molecule has 2 aromatic carbocycles. The van der Waals surface area contributed by atoms with E-state index in [9.17, 15) is 4.39 Å². The highest BCUT2D eigenvalue weighted by Gasteiger charge is 1.98. The number of rotatable bonds is 3. The summed E-state index contributed by atoms with van der Waals surface area (Å²) in [5, 5.41) is 0. The molecule has 2 heteroatoms. The zero-order valence-electron chi connectivity index (χ0n) is 9.56. The van der Waals surface area contributed by atoms with Crippen LogP contribution in [0.1, 0.15) is 12.5 Å². The molecule has 0 bridgehead atoms. The molecule has 2 rings (SSSR count). The van der Waals surface area contributed by atoms with Gasteiger partial charge in [-0.15, -0.1) is 0 Å². The number of halogens is 1. The third-order valence-electron chi connectivity index (χ3n) is 2.27. The fourth-order valence-corrected chi connectivity index (χ4v) is 1.51. The molecule has 0 saturated heterocycles. The first-order valence-electron chi connectivity index (χ1n) is 5.44. The lowest BCUT2D eigenvalue weighted by atomic mass is 10.2. The average Bonchev–Trinajstić information content (AvgIpc) is 2.33. The highest BCUT2D eigenvalue weighted by Crippen LogP contribution is 2.22. The standard InChI is InChI=1S/C15H13FO/c1-2-4-12-5-3-6-15(11-12)17-14-9-7-13(16)8-10-14/h2-11H,1H3/b4-2-. The van der Waals surface area contributed by atoms with Crippen molar-refractivity contribution in [1.29, 1.82) is 0 Å². The smallest absolute Gasteiger partial charge is 0.128 e. The minimum atomic E-state index is -0.264. The molecule has 0 fully saturated rings. The van der Waals surface area contributed by atoms with Crippen molar-refractivity contribution in [2.75, 3.05) is 0 Å². The lowest BCUT2D eigenvalue weighted by molar-refractivity contribution is 0.480. The van der Waals surface area contributed by atoms with Crippen molar-refractivity contribution in [1.82, 2.24) is 0 Å². The molecule has 0 aromatic heterocycles. The van der Waals surface area contributed by atoms with Crippen molar-refractivity contribution in [3.05, 3.63) is 66.0 Å². The molecule has 0 heterocycles. The summed E-state index contributed by atoms with van der Waals surface area (Å²) in [6, 6.07) is 13.7. The molecular formula is C15H13FO. The first kappa shape index (κ1) is 11.4. The molecule has 0 unspecified atom stereocenters. The maximum atomic E-state index is 12.7. The van der Waals surface area contributed by atoms with Crippen molar-refractivity contribution in [2.24, 2.45) is 0 Å². The van der Waals surface area contributed by atoms with Gasteiger partial charge in [0.25, 0.3) is 0 Å². The minimum absolute atomic E-state index is 0.264. The van der Waals surface area contributed by atoms with E-state index < -0.39 is 0 Å². The molecule has 17 heavy (non-hydrogen) atoms. The van der Waals surface area contributed by atoms with Crippen LogP contribution in [0.2, 0.25) is 0 Å². The lowest BCUT2D eigenvalue weighted by Gasteiger charge is -2.06. The monoisotopic (exact) mass is 228 g/mol. The maximum Gasteiger partial charge on any atom is 0.128 e. The van der Waals surface area contributed by atoms with Crippen LogP contribution in [0.15, 0.2) is 54.6 Å². The van der Waals surface area contributed by atoms with Gasteiger partial charge in [0.1, 0.15) is 17.3 Å². The zero-order chi connectivity index (χ0) is 12.1. The van der Waals surface area contributed by atoms with Gasteiger partial charge in [0.15, 0.2) is 0 Å². The Bertz CT molecular complexity index is 515. The van der Waals surface area contributed by atoms with Crippen LogP contribution in [0.25, 0.3) is 6.08 Å². The van der Waals surface area contributed by atoms with Crippen LogP contribution in [-0.2, 0) is 0 Å². The third kappa shape index (κ3) is 3.18. The van der Waals surface area contributed by atoms with Crippen molar-refractivity contribution < 1.29 is 9.13 Å². The van der Waals surface area contributed by atoms with Crippen LogP contribution in [0.3, 0.4) is 0 Å². The Hall–Kier alpha value is -2.09. The number of allylic oxidation sites excluding steroid dienone is 1. The topological polar surface area (TPSA) is 9.23 Å².